The van der Waals surface area contributed by atoms with Crippen molar-refractivity contribution in [2.45, 2.75) is 39.2 Å². The summed E-state index contributed by atoms with van der Waals surface area (Å²) in [6.07, 6.45) is 3.69. The highest BCUT2D eigenvalue weighted by atomic mass is 32.2. The first-order chi connectivity index (χ1) is 10.8. The van der Waals surface area contributed by atoms with Gasteiger partial charge in [0, 0.05) is 13.6 Å². The van der Waals surface area contributed by atoms with E-state index in [-0.39, 0.29) is 5.91 Å². The minimum Gasteiger partial charge on any atom is -0.481 e. The first kappa shape index (κ1) is 19.3. The van der Waals surface area contributed by atoms with Crippen molar-refractivity contribution in [3.05, 3.63) is 24.3 Å². The molecule has 0 fully saturated rings. The Bertz CT molecular complexity index is 599. The summed E-state index contributed by atoms with van der Waals surface area (Å²) < 4.78 is 29.7. The molecule has 0 radical (unpaired) electrons. The Morgan fingerprint density at radius 2 is 1.87 bits per heavy atom. The number of carbonyl (C=O) groups is 1. The highest BCUT2D eigenvalue weighted by Gasteiger charge is 2.15. The molecule has 130 valence electrons. The van der Waals surface area contributed by atoms with Gasteiger partial charge in [0.05, 0.1) is 11.9 Å². The number of hydrogen-bond acceptors (Lipinski definition) is 4. The zero-order valence-electron chi connectivity index (χ0n) is 14.2. The number of hydrogen-bond donors (Lipinski definition) is 1. The zero-order valence-corrected chi connectivity index (χ0v) is 15.0. The first-order valence-electron chi connectivity index (χ1n) is 7.74. The molecule has 1 amide bonds. The van der Waals surface area contributed by atoms with E-state index in [9.17, 15) is 13.2 Å². The Balaban J connectivity index is 2.56. The normalized spacial score (nSPS) is 12.5. The van der Waals surface area contributed by atoms with E-state index in [0.29, 0.717) is 18.0 Å². The van der Waals surface area contributed by atoms with Crippen LogP contribution in [0.2, 0.25) is 0 Å². The van der Waals surface area contributed by atoms with Gasteiger partial charge in [-0.25, -0.2) is 8.42 Å². The number of ether oxygens (including phenoxy) is 1. The van der Waals surface area contributed by atoms with Crippen LogP contribution in [0, 0.1) is 0 Å². The minimum atomic E-state index is -3.29. The standard InChI is InChI=1S/C16H26N2O4S/c1-5-6-7-12-17-16(19)13(2)22-15-10-8-14(9-11-15)18(3)23(4,20)21/h8-11,13H,5-7,12H2,1-4H3,(H,17,19). The largest absolute Gasteiger partial charge is 0.481 e. The molecule has 0 aliphatic heterocycles. The fourth-order valence-corrected chi connectivity index (χ4v) is 2.42. The molecule has 7 heteroatoms. The average Bonchev–Trinajstić information content (AvgIpc) is 2.50. The molecular weight excluding hydrogens is 316 g/mol. The SMILES string of the molecule is CCCCCNC(=O)C(C)Oc1ccc(N(C)S(C)(=O)=O)cc1. The third-order valence-electron chi connectivity index (χ3n) is 3.46. The van der Waals surface area contributed by atoms with E-state index in [2.05, 4.69) is 12.2 Å². The molecule has 0 spiro atoms. The maximum atomic E-state index is 11.9. The van der Waals surface area contributed by atoms with Gasteiger partial charge in [0.1, 0.15) is 5.75 Å². The monoisotopic (exact) mass is 342 g/mol. The lowest BCUT2D eigenvalue weighted by Crippen LogP contribution is -2.36. The van der Waals surface area contributed by atoms with Gasteiger partial charge in [-0.3, -0.25) is 9.10 Å². The number of carbonyl (C=O) groups excluding carboxylic acids is 1. The van der Waals surface area contributed by atoms with Crippen molar-refractivity contribution in [1.82, 2.24) is 5.32 Å². The van der Waals surface area contributed by atoms with Crippen molar-refractivity contribution >= 4 is 21.6 Å². The van der Waals surface area contributed by atoms with Gasteiger partial charge in [0.25, 0.3) is 5.91 Å². The first-order valence-corrected chi connectivity index (χ1v) is 9.59. The Hall–Kier alpha value is -1.76. The van der Waals surface area contributed by atoms with E-state index in [1.165, 1.54) is 11.4 Å². The van der Waals surface area contributed by atoms with Crippen molar-refractivity contribution in [1.29, 1.82) is 0 Å². The van der Waals surface area contributed by atoms with Crippen LogP contribution in [0.4, 0.5) is 5.69 Å². The molecule has 1 atom stereocenters. The lowest BCUT2D eigenvalue weighted by molar-refractivity contribution is -0.127. The van der Waals surface area contributed by atoms with Crippen molar-refractivity contribution in [3.8, 4) is 5.75 Å². The predicted molar refractivity (Wildman–Crippen MR) is 92.3 cm³/mol. The number of benzene rings is 1. The summed E-state index contributed by atoms with van der Waals surface area (Å²) in [7, 11) is -1.81. The third-order valence-corrected chi connectivity index (χ3v) is 4.67. The topological polar surface area (TPSA) is 75.7 Å². The maximum Gasteiger partial charge on any atom is 0.260 e. The number of anilines is 1. The van der Waals surface area contributed by atoms with Crippen LogP contribution in [-0.4, -0.2) is 40.3 Å². The smallest absolute Gasteiger partial charge is 0.260 e. The molecule has 0 aromatic heterocycles. The summed E-state index contributed by atoms with van der Waals surface area (Å²) in [5, 5.41) is 2.84. The van der Waals surface area contributed by atoms with E-state index in [1.807, 2.05) is 0 Å². The van der Waals surface area contributed by atoms with Crippen LogP contribution in [0.1, 0.15) is 33.1 Å². The molecule has 1 N–H and O–H groups in total. The molecule has 1 aromatic rings. The highest BCUT2D eigenvalue weighted by Crippen LogP contribution is 2.21. The summed E-state index contributed by atoms with van der Waals surface area (Å²) in [6.45, 7) is 4.45. The molecular formula is C16H26N2O4S. The maximum absolute atomic E-state index is 11.9. The number of sulfonamides is 1. The number of amides is 1. The van der Waals surface area contributed by atoms with Crippen LogP contribution in [0.5, 0.6) is 5.75 Å². The van der Waals surface area contributed by atoms with Crippen LogP contribution >= 0.6 is 0 Å². The van der Waals surface area contributed by atoms with Crippen molar-refractivity contribution in [2.75, 3.05) is 24.2 Å². The van der Waals surface area contributed by atoms with Crippen LogP contribution in [0.15, 0.2) is 24.3 Å². The third kappa shape index (κ3) is 6.48. The van der Waals surface area contributed by atoms with Gasteiger partial charge in [-0.05, 0) is 37.6 Å². The Morgan fingerprint density at radius 3 is 2.39 bits per heavy atom. The van der Waals surface area contributed by atoms with Crippen molar-refractivity contribution in [3.63, 3.8) is 0 Å². The molecule has 0 saturated carbocycles. The predicted octanol–water partition coefficient (Wildman–Crippen LogP) is 2.16. The quantitative estimate of drug-likeness (QED) is 0.698. The van der Waals surface area contributed by atoms with Gasteiger partial charge in [-0.1, -0.05) is 19.8 Å². The van der Waals surface area contributed by atoms with Gasteiger partial charge in [-0.2, -0.15) is 0 Å². The highest BCUT2D eigenvalue weighted by molar-refractivity contribution is 7.92. The van der Waals surface area contributed by atoms with E-state index >= 15 is 0 Å². The van der Waals surface area contributed by atoms with Gasteiger partial charge < -0.3 is 10.1 Å². The molecule has 1 unspecified atom stereocenters. The molecule has 0 bridgehead atoms. The van der Waals surface area contributed by atoms with Gasteiger partial charge in [0.15, 0.2) is 6.10 Å². The molecule has 0 heterocycles. The summed E-state index contributed by atoms with van der Waals surface area (Å²) in [5.74, 6) is 0.366. The van der Waals surface area contributed by atoms with Crippen LogP contribution in [0.25, 0.3) is 0 Å². The van der Waals surface area contributed by atoms with Crippen molar-refractivity contribution < 1.29 is 17.9 Å². The number of unbranched alkanes of at least 4 members (excludes halogenated alkanes) is 2. The van der Waals surface area contributed by atoms with Crippen LogP contribution in [0.3, 0.4) is 0 Å². The molecule has 0 aliphatic rings. The van der Waals surface area contributed by atoms with E-state index in [1.54, 1.807) is 31.2 Å². The molecule has 0 saturated heterocycles. The Morgan fingerprint density at radius 1 is 1.26 bits per heavy atom. The fourth-order valence-electron chi connectivity index (χ4n) is 1.91. The van der Waals surface area contributed by atoms with Gasteiger partial charge in [-0.15, -0.1) is 0 Å². The van der Waals surface area contributed by atoms with Crippen molar-refractivity contribution in [2.24, 2.45) is 0 Å². The molecule has 0 aliphatic carbocycles. The van der Waals surface area contributed by atoms with Gasteiger partial charge in [0.2, 0.25) is 10.0 Å². The lowest BCUT2D eigenvalue weighted by atomic mass is 10.2. The number of rotatable bonds is 9. The zero-order chi connectivity index (χ0) is 17.5. The molecule has 23 heavy (non-hydrogen) atoms. The summed E-state index contributed by atoms with van der Waals surface area (Å²) in [5.41, 5.74) is 0.538. The Labute approximate surface area is 138 Å². The number of nitrogens with zero attached hydrogens (tertiary/aromatic N) is 1. The second kappa shape index (κ2) is 8.76. The second-order valence-corrected chi connectivity index (χ2v) is 7.50. The minimum absolute atomic E-state index is 0.154. The second-order valence-electron chi connectivity index (χ2n) is 5.48. The van der Waals surface area contributed by atoms with E-state index in [0.717, 1.165) is 25.5 Å². The summed E-state index contributed by atoms with van der Waals surface area (Å²) in [6, 6.07) is 6.58. The van der Waals surface area contributed by atoms with E-state index in [4.69, 9.17) is 4.74 Å². The summed E-state index contributed by atoms with van der Waals surface area (Å²) >= 11 is 0. The summed E-state index contributed by atoms with van der Waals surface area (Å²) in [4.78, 5) is 11.9. The van der Waals surface area contributed by atoms with Gasteiger partial charge >= 0.3 is 0 Å². The van der Waals surface area contributed by atoms with Crippen LogP contribution < -0.4 is 14.4 Å². The fraction of sp³-hybridized carbons (Fsp3) is 0.562. The lowest BCUT2D eigenvalue weighted by Gasteiger charge is -2.18. The average molecular weight is 342 g/mol. The molecule has 1 aromatic carbocycles. The molecule has 6 nitrogen and oxygen atoms in total. The Kier molecular flexibility index (Phi) is 7.35. The van der Waals surface area contributed by atoms with E-state index < -0.39 is 16.1 Å². The molecule has 1 rings (SSSR count). The van der Waals surface area contributed by atoms with Crippen LogP contribution in [-0.2, 0) is 14.8 Å². The number of nitrogens with one attached hydrogen (secondary N) is 1.